The maximum atomic E-state index is 12.0. The molecule has 0 aliphatic rings. The van der Waals surface area contributed by atoms with E-state index < -0.39 is 0 Å². The van der Waals surface area contributed by atoms with Crippen LogP contribution in [0.15, 0.2) is 35.5 Å². The van der Waals surface area contributed by atoms with Crippen molar-refractivity contribution in [1.82, 2.24) is 19.7 Å². The molecule has 2 aromatic rings. The average Bonchev–Trinajstić information content (AvgIpc) is 2.88. The van der Waals surface area contributed by atoms with Gasteiger partial charge in [0.2, 0.25) is 5.91 Å². The molecule has 1 aromatic carbocycles. The van der Waals surface area contributed by atoms with E-state index in [9.17, 15) is 4.79 Å². The molecule has 0 aliphatic carbocycles. The molecule has 0 radical (unpaired) electrons. The number of benzene rings is 1. The zero-order chi connectivity index (χ0) is 16.1. The van der Waals surface area contributed by atoms with Crippen LogP contribution in [0.5, 0.6) is 0 Å². The first-order valence-electron chi connectivity index (χ1n) is 7.36. The van der Waals surface area contributed by atoms with E-state index in [0.29, 0.717) is 0 Å². The minimum Gasteiger partial charge on any atom is -0.348 e. The fourth-order valence-corrected chi connectivity index (χ4v) is 3.28. The molecule has 0 fully saturated rings. The topological polar surface area (TPSA) is 51.0 Å². The zero-order valence-electron chi connectivity index (χ0n) is 13.5. The first kappa shape index (κ1) is 16.5. The average molecular weight is 318 g/mol. The second kappa shape index (κ2) is 7.45. The summed E-state index contributed by atoms with van der Waals surface area (Å²) >= 11 is 1.46. The Balaban J connectivity index is 2.15. The Hall–Kier alpha value is -1.82. The molecule has 22 heavy (non-hydrogen) atoms. The van der Waals surface area contributed by atoms with Gasteiger partial charge in [0.25, 0.3) is 0 Å². The molecule has 0 spiro atoms. The largest absolute Gasteiger partial charge is 0.348 e. The lowest BCUT2D eigenvalue weighted by atomic mass is 10.1. The highest BCUT2D eigenvalue weighted by molar-refractivity contribution is 8.00. The lowest BCUT2D eigenvalue weighted by Gasteiger charge is -2.16. The van der Waals surface area contributed by atoms with Gasteiger partial charge >= 0.3 is 0 Å². The summed E-state index contributed by atoms with van der Waals surface area (Å²) in [6.07, 6.45) is 0.748. The molecule has 0 saturated heterocycles. The summed E-state index contributed by atoms with van der Waals surface area (Å²) in [7, 11) is 3.54. The summed E-state index contributed by atoms with van der Waals surface area (Å²) in [4.78, 5) is 13.6. The molecule has 1 aromatic heterocycles. The van der Waals surface area contributed by atoms with Gasteiger partial charge in [0.05, 0.1) is 5.25 Å². The fourth-order valence-electron chi connectivity index (χ4n) is 2.21. The maximum absolute atomic E-state index is 12.0. The van der Waals surface area contributed by atoms with Gasteiger partial charge in [-0.2, -0.15) is 0 Å². The molecule has 5 nitrogen and oxygen atoms in total. The minimum atomic E-state index is -0.172. The van der Waals surface area contributed by atoms with Crippen molar-refractivity contribution in [3.05, 3.63) is 41.7 Å². The van der Waals surface area contributed by atoms with E-state index in [1.165, 1.54) is 17.3 Å². The van der Waals surface area contributed by atoms with E-state index in [4.69, 9.17) is 0 Å². The predicted molar refractivity (Wildman–Crippen MR) is 89.0 cm³/mol. The van der Waals surface area contributed by atoms with Gasteiger partial charge in [-0.15, -0.1) is 10.2 Å². The van der Waals surface area contributed by atoms with Gasteiger partial charge in [-0.3, -0.25) is 4.79 Å². The van der Waals surface area contributed by atoms with Gasteiger partial charge in [-0.1, -0.05) is 42.1 Å². The lowest BCUT2D eigenvalue weighted by Crippen LogP contribution is -2.29. The van der Waals surface area contributed by atoms with E-state index in [2.05, 4.69) is 33.8 Å². The first-order chi connectivity index (χ1) is 10.5. The van der Waals surface area contributed by atoms with E-state index >= 15 is 0 Å². The first-order valence-corrected chi connectivity index (χ1v) is 8.24. The van der Waals surface area contributed by atoms with Crippen LogP contribution < -0.4 is 0 Å². The van der Waals surface area contributed by atoms with Crippen LogP contribution in [0.1, 0.15) is 25.2 Å². The van der Waals surface area contributed by atoms with Crippen molar-refractivity contribution in [3.63, 3.8) is 0 Å². The van der Waals surface area contributed by atoms with Crippen LogP contribution in [0.25, 0.3) is 0 Å². The van der Waals surface area contributed by atoms with E-state index in [0.717, 1.165) is 23.9 Å². The van der Waals surface area contributed by atoms with Crippen LogP contribution in [0, 0.1) is 0 Å². The SMILES string of the molecule is CCn1c(Cc2ccccc2)nnc1SC(C)C(=O)N(C)C. The van der Waals surface area contributed by atoms with E-state index in [-0.39, 0.29) is 11.2 Å². The summed E-state index contributed by atoms with van der Waals surface area (Å²) in [6, 6.07) is 10.2. The highest BCUT2D eigenvalue weighted by Crippen LogP contribution is 2.24. The molecular weight excluding hydrogens is 296 g/mol. The standard InChI is InChI=1S/C16H22N4OS/c1-5-20-14(11-13-9-7-6-8-10-13)17-18-16(20)22-12(2)15(21)19(3)4/h6-10,12H,5,11H2,1-4H3. The van der Waals surface area contributed by atoms with Crippen LogP contribution in [0.4, 0.5) is 0 Å². The molecule has 0 saturated carbocycles. The highest BCUT2D eigenvalue weighted by atomic mass is 32.2. The summed E-state index contributed by atoms with van der Waals surface area (Å²) in [5, 5.41) is 9.21. The molecule has 0 aliphatic heterocycles. The zero-order valence-corrected chi connectivity index (χ0v) is 14.3. The molecule has 1 atom stereocenters. The minimum absolute atomic E-state index is 0.0836. The molecule has 0 N–H and O–H groups in total. The van der Waals surface area contributed by atoms with Gasteiger partial charge in [-0.25, -0.2) is 0 Å². The van der Waals surface area contributed by atoms with Gasteiger partial charge in [0, 0.05) is 27.1 Å². The van der Waals surface area contributed by atoms with Crippen molar-refractivity contribution >= 4 is 17.7 Å². The molecule has 118 valence electrons. The van der Waals surface area contributed by atoms with Gasteiger partial charge in [0.1, 0.15) is 5.82 Å². The second-order valence-corrected chi connectivity index (χ2v) is 6.61. The number of hydrogen-bond donors (Lipinski definition) is 0. The van der Waals surface area contributed by atoms with Gasteiger partial charge in [0.15, 0.2) is 5.16 Å². The Bertz CT molecular complexity index is 624. The number of nitrogens with zero attached hydrogens (tertiary/aromatic N) is 4. The Labute approximate surface area is 135 Å². The summed E-state index contributed by atoms with van der Waals surface area (Å²) in [6.45, 7) is 4.76. The number of thioether (sulfide) groups is 1. The van der Waals surface area contributed by atoms with Crippen molar-refractivity contribution in [3.8, 4) is 0 Å². The van der Waals surface area contributed by atoms with Crippen molar-refractivity contribution < 1.29 is 4.79 Å². The monoisotopic (exact) mass is 318 g/mol. The third kappa shape index (κ3) is 3.88. The van der Waals surface area contributed by atoms with Crippen molar-refractivity contribution in [1.29, 1.82) is 0 Å². The fraction of sp³-hybridized carbons (Fsp3) is 0.438. The number of carbonyl (C=O) groups is 1. The number of amides is 1. The lowest BCUT2D eigenvalue weighted by molar-refractivity contribution is -0.127. The Morgan fingerprint density at radius 1 is 1.27 bits per heavy atom. The van der Waals surface area contributed by atoms with Crippen LogP contribution in [0.2, 0.25) is 0 Å². The number of aromatic nitrogens is 3. The quantitative estimate of drug-likeness (QED) is 0.768. The smallest absolute Gasteiger partial charge is 0.235 e. The van der Waals surface area contributed by atoms with Crippen LogP contribution in [0.3, 0.4) is 0 Å². The second-order valence-electron chi connectivity index (χ2n) is 5.30. The molecule has 0 bridgehead atoms. The van der Waals surface area contributed by atoms with Crippen molar-refractivity contribution in [2.75, 3.05) is 14.1 Å². The molecule has 1 unspecified atom stereocenters. The van der Waals surface area contributed by atoms with Gasteiger partial charge < -0.3 is 9.47 Å². The molecule has 2 rings (SSSR count). The normalized spacial score (nSPS) is 12.2. The van der Waals surface area contributed by atoms with E-state index in [1.54, 1.807) is 19.0 Å². The molecule has 1 heterocycles. The Morgan fingerprint density at radius 3 is 2.55 bits per heavy atom. The summed E-state index contributed by atoms with van der Waals surface area (Å²) in [5.74, 6) is 1.01. The number of rotatable bonds is 6. The molecule has 1 amide bonds. The Kier molecular flexibility index (Phi) is 5.60. The van der Waals surface area contributed by atoms with Crippen LogP contribution >= 0.6 is 11.8 Å². The third-order valence-electron chi connectivity index (χ3n) is 3.39. The maximum Gasteiger partial charge on any atom is 0.235 e. The van der Waals surface area contributed by atoms with E-state index in [1.807, 2.05) is 25.1 Å². The molecule has 6 heteroatoms. The Morgan fingerprint density at radius 2 is 1.95 bits per heavy atom. The molecular formula is C16H22N4OS. The van der Waals surface area contributed by atoms with Crippen LogP contribution in [-0.2, 0) is 17.8 Å². The highest BCUT2D eigenvalue weighted by Gasteiger charge is 2.20. The third-order valence-corrected chi connectivity index (χ3v) is 4.45. The van der Waals surface area contributed by atoms with Gasteiger partial charge in [-0.05, 0) is 19.4 Å². The van der Waals surface area contributed by atoms with Crippen LogP contribution in [-0.4, -0.2) is 44.9 Å². The summed E-state index contributed by atoms with van der Waals surface area (Å²) < 4.78 is 2.08. The number of carbonyl (C=O) groups excluding carboxylic acids is 1. The number of hydrogen-bond acceptors (Lipinski definition) is 4. The predicted octanol–water partition coefficient (Wildman–Crippen LogP) is 2.46. The summed E-state index contributed by atoms with van der Waals surface area (Å²) in [5.41, 5.74) is 1.21. The van der Waals surface area contributed by atoms with Crippen molar-refractivity contribution in [2.45, 2.75) is 37.2 Å². The van der Waals surface area contributed by atoms with Crippen molar-refractivity contribution in [2.24, 2.45) is 0 Å².